The molecule has 138 valence electrons. The summed E-state index contributed by atoms with van der Waals surface area (Å²) in [4.78, 5) is 0.298. The van der Waals surface area contributed by atoms with E-state index in [0.717, 1.165) is 28.8 Å². The van der Waals surface area contributed by atoms with E-state index in [1.165, 1.54) is 31.1 Å². The third-order valence-corrected chi connectivity index (χ3v) is 5.66. The SMILES string of the molecule is S=c1[nH]nc(Cn2c3ccccc3c3c(OCC4CCCC4)cccc32)o1. The van der Waals surface area contributed by atoms with Crippen LogP contribution in [0.2, 0.25) is 0 Å². The van der Waals surface area contributed by atoms with E-state index >= 15 is 0 Å². The molecule has 0 atom stereocenters. The Morgan fingerprint density at radius 2 is 1.93 bits per heavy atom. The van der Waals surface area contributed by atoms with Gasteiger partial charge in [-0.05, 0) is 49.2 Å². The number of H-pyrrole nitrogens is 1. The molecule has 1 fully saturated rings. The van der Waals surface area contributed by atoms with E-state index in [-0.39, 0.29) is 0 Å². The lowest BCUT2D eigenvalue weighted by molar-refractivity contribution is 0.255. The number of nitrogens with zero attached hydrogens (tertiary/aromatic N) is 2. The van der Waals surface area contributed by atoms with E-state index in [1.807, 2.05) is 0 Å². The zero-order valence-corrected chi connectivity index (χ0v) is 15.8. The normalized spacial score (nSPS) is 15.1. The molecule has 1 N–H and O–H groups in total. The number of benzene rings is 2. The Labute approximate surface area is 161 Å². The van der Waals surface area contributed by atoms with Crippen LogP contribution < -0.4 is 4.74 Å². The summed E-state index contributed by atoms with van der Waals surface area (Å²) < 4.78 is 14.0. The van der Waals surface area contributed by atoms with Gasteiger partial charge in [0.2, 0.25) is 5.89 Å². The van der Waals surface area contributed by atoms with E-state index in [2.05, 4.69) is 57.2 Å². The third-order valence-electron chi connectivity index (χ3n) is 5.48. The second-order valence-corrected chi connectivity index (χ2v) is 7.59. The van der Waals surface area contributed by atoms with E-state index in [1.54, 1.807) is 0 Å². The minimum absolute atomic E-state index is 0.298. The Bertz CT molecular complexity index is 1150. The minimum atomic E-state index is 0.298. The lowest BCUT2D eigenvalue weighted by atomic mass is 10.1. The summed E-state index contributed by atoms with van der Waals surface area (Å²) in [5, 5.41) is 9.20. The Morgan fingerprint density at radius 1 is 1.11 bits per heavy atom. The predicted octanol–water partition coefficient (Wildman–Crippen LogP) is 5.46. The van der Waals surface area contributed by atoms with Gasteiger partial charge in [-0.1, -0.05) is 37.1 Å². The number of aromatic amines is 1. The van der Waals surface area contributed by atoms with Crippen molar-refractivity contribution in [2.24, 2.45) is 5.92 Å². The summed E-state index contributed by atoms with van der Waals surface area (Å²) >= 11 is 5.01. The van der Waals surface area contributed by atoms with Gasteiger partial charge in [0, 0.05) is 16.3 Å². The molecule has 0 aliphatic heterocycles. The number of hydrogen-bond donors (Lipinski definition) is 1. The van der Waals surface area contributed by atoms with Crippen LogP contribution in [0.3, 0.4) is 0 Å². The predicted molar refractivity (Wildman–Crippen MR) is 108 cm³/mol. The molecule has 5 nitrogen and oxygen atoms in total. The number of ether oxygens (including phenoxy) is 1. The van der Waals surface area contributed by atoms with E-state index in [0.29, 0.717) is 23.2 Å². The smallest absolute Gasteiger partial charge is 0.284 e. The Morgan fingerprint density at radius 3 is 2.74 bits per heavy atom. The molecule has 1 aliphatic rings. The first-order valence-corrected chi connectivity index (χ1v) is 9.87. The molecule has 2 aromatic carbocycles. The van der Waals surface area contributed by atoms with Crippen molar-refractivity contribution in [1.82, 2.24) is 14.8 Å². The number of nitrogens with one attached hydrogen (secondary N) is 1. The summed E-state index contributed by atoms with van der Waals surface area (Å²) in [6.45, 7) is 1.32. The third kappa shape index (κ3) is 3.04. The van der Waals surface area contributed by atoms with Crippen molar-refractivity contribution in [1.29, 1.82) is 0 Å². The van der Waals surface area contributed by atoms with E-state index < -0.39 is 0 Å². The molecule has 6 heteroatoms. The highest BCUT2D eigenvalue weighted by Crippen LogP contribution is 2.36. The van der Waals surface area contributed by atoms with Crippen LogP contribution in [0.25, 0.3) is 21.8 Å². The molecule has 27 heavy (non-hydrogen) atoms. The van der Waals surface area contributed by atoms with Crippen molar-refractivity contribution in [3.05, 3.63) is 53.2 Å². The fourth-order valence-electron chi connectivity index (χ4n) is 4.20. The Balaban J connectivity index is 1.61. The van der Waals surface area contributed by atoms with Gasteiger partial charge < -0.3 is 13.7 Å². The lowest BCUT2D eigenvalue weighted by Crippen LogP contribution is -2.08. The molecule has 1 aliphatic carbocycles. The highest BCUT2D eigenvalue weighted by atomic mass is 32.1. The fourth-order valence-corrected chi connectivity index (χ4v) is 4.35. The largest absolute Gasteiger partial charge is 0.493 e. The van der Waals surface area contributed by atoms with Crippen LogP contribution in [-0.4, -0.2) is 21.4 Å². The van der Waals surface area contributed by atoms with Crippen LogP contribution >= 0.6 is 12.2 Å². The van der Waals surface area contributed by atoms with Gasteiger partial charge in [0.25, 0.3) is 4.84 Å². The second kappa shape index (κ2) is 6.85. The van der Waals surface area contributed by atoms with Gasteiger partial charge in [-0.2, -0.15) is 0 Å². The molecule has 0 bridgehead atoms. The maximum absolute atomic E-state index is 6.30. The van der Waals surface area contributed by atoms with Crippen LogP contribution in [0.15, 0.2) is 46.9 Å². The van der Waals surface area contributed by atoms with E-state index in [4.69, 9.17) is 21.4 Å². The molecule has 0 spiro atoms. The zero-order chi connectivity index (χ0) is 18.2. The van der Waals surface area contributed by atoms with Crippen molar-refractivity contribution < 1.29 is 9.15 Å². The van der Waals surface area contributed by atoms with Gasteiger partial charge in [0.05, 0.1) is 12.1 Å². The van der Waals surface area contributed by atoms with E-state index in [9.17, 15) is 0 Å². The van der Waals surface area contributed by atoms with Gasteiger partial charge >= 0.3 is 0 Å². The van der Waals surface area contributed by atoms with Gasteiger partial charge in [-0.3, -0.25) is 0 Å². The number of hydrogen-bond acceptors (Lipinski definition) is 4. The van der Waals surface area contributed by atoms with Crippen molar-refractivity contribution in [2.45, 2.75) is 32.2 Å². The van der Waals surface area contributed by atoms with Crippen LogP contribution in [0.1, 0.15) is 31.6 Å². The van der Waals surface area contributed by atoms with Crippen molar-refractivity contribution >= 4 is 34.0 Å². The average Bonchev–Trinajstić information content (AvgIpc) is 3.41. The second-order valence-electron chi connectivity index (χ2n) is 7.22. The Hall–Kier alpha value is -2.60. The fraction of sp³-hybridized carbons (Fsp3) is 0.333. The molecular weight excluding hydrogens is 358 g/mol. The van der Waals surface area contributed by atoms with Crippen molar-refractivity contribution in [3.8, 4) is 5.75 Å². The summed E-state index contributed by atoms with van der Waals surface area (Å²) in [5.41, 5.74) is 2.25. The quantitative estimate of drug-likeness (QED) is 0.468. The molecular formula is C21H21N3O2S. The molecule has 0 saturated heterocycles. The topological polar surface area (TPSA) is 56.0 Å². The van der Waals surface area contributed by atoms with Gasteiger partial charge in [0.15, 0.2) is 0 Å². The lowest BCUT2D eigenvalue weighted by Gasteiger charge is -2.12. The summed E-state index contributed by atoms with van der Waals surface area (Å²) in [6.07, 6.45) is 5.22. The maximum Gasteiger partial charge on any atom is 0.284 e. The number of rotatable bonds is 5. The zero-order valence-electron chi connectivity index (χ0n) is 15.0. The van der Waals surface area contributed by atoms with Crippen molar-refractivity contribution in [2.75, 3.05) is 6.61 Å². The molecule has 1 saturated carbocycles. The standard InChI is InChI=1S/C21H21N3O2S/c27-21-23-22-19(26-21)12-24-16-9-4-3-8-15(16)20-17(24)10-5-11-18(20)25-13-14-6-1-2-7-14/h3-5,8-11,14H,1-2,6-7,12-13H2,(H,23,27). The first kappa shape index (κ1) is 16.6. The summed E-state index contributed by atoms with van der Waals surface area (Å²) in [5.74, 6) is 2.21. The molecule has 4 aromatic rings. The molecule has 2 heterocycles. The first-order valence-electron chi connectivity index (χ1n) is 9.47. The number of fused-ring (bicyclic) bond motifs is 3. The van der Waals surface area contributed by atoms with Gasteiger partial charge in [0.1, 0.15) is 12.3 Å². The maximum atomic E-state index is 6.30. The molecule has 0 unspecified atom stereocenters. The molecule has 0 amide bonds. The van der Waals surface area contributed by atoms with Crippen LogP contribution in [0, 0.1) is 10.8 Å². The number of aromatic nitrogens is 3. The van der Waals surface area contributed by atoms with Gasteiger partial charge in [-0.25, -0.2) is 5.10 Å². The van der Waals surface area contributed by atoms with Gasteiger partial charge in [-0.15, -0.1) is 5.10 Å². The number of para-hydroxylation sites is 1. The summed E-state index contributed by atoms with van der Waals surface area (Å²) in [7, 11) is 0. The minimum Gasteiger partial charge on any atom is -0.493 e. The first-order chi connectivity index (χ1) is 13.3. The average molecular weight is 379 g/mol. The highest BCUT2D eigenvalue weighted by Gasteiger charge is 2.19. The Kier molecular flexibility index (Phi) is 4.20. The monoisotopic (exact) mass is 379 g/mol. The molecule has 5 rings (SSSR count). The van der Waals surface area contributed by atoms with Crippen LogP contribution in [0.4, 0.5) is 0 Å². The van der Waals surface area contributed by atoms with Crippen LogP contribution in [0.5, 0.6) is 5.75 Å². The van der Waals surface area contributed by atoms with Crippen molar-refractivity contribution in [3.63, 3.8) is 0 Å². The molecule has 0 radical (unpaired) electrons. The molecule has 2 aromatic heterocycles. The highest BCUT2D eigenvalue weighted by molar-refractivity contribution is 7.71. The van der Waals surface area contributed by atoms with Crippen LogP contribution in [-0.2, 0) is 6.54 Å². The summed E-state index contributed by atoms with van der Waals surface area (Å²) in [6, 6.07) is 14.7.